The van der Waals surface area contributed by atoms with E-state index < -0.39 is 0 Å². The predicted molar refractivity (Wildman–Crippen MR) is 67.5 cm³/mol. The molecule has 2 aromatic rings. The van der Waals surface area contributed by atoms with Gasteiger partial charge < -0.3 is 9.88 Å². The summed E-state index contributed by atoms with van der Waals surface area (Å²) in [4.78, 5) is 11.9. The zero-order valence-corrected chi connectivity index (χ0v) is 10.4. The molecule has 3 nitrogen and oxygen atoms in total. The number of aryl methyl sites for hydroxylation is 1. The van der Waals surface area contributed by atoms with E-state index >= 15 is 0 Å². The molecule has 0 bridgehead atoms. The molecule has 1 heterocycles. The van der Waals surface area contributed by atoms with Gasteiger partial charge in [-0.15, -0.1) is 0 Å². The first kappa shape index (κ1) is 11.0. The van der Waals surface area contributed by atoms with Crippen molar-refractivity contribution >= 4 is 27.5 Å². The van der Waals surface area contributed by atoms with Crippen LogP contribution in [-0.4, -0.2) is 10.5 Å². The van der Waals surface area contributed by atoms with E-state index in [9.17, 15) is 4.79 Å². The minimum absolute atomic E-state index is 0.112. The van der Waals surface area contributed by atoms with Crippen LogP contribution >= 0.6 is 15.9 Å². The van der Waals surface area contributed by atoms with Gasteiger partial charge in [-0.1, -0.05) is 18.2 Å². The fraction of sp³-hybridized carbons (Fsp3) is 0.0833. The van der Waals surface area contributed by atoms with Crippen molar-refractivity contribution < 1.29 is 4.79 Å². The molecule has 0 aliphatic carbocycles. The average Bonchev–Trinajstić information content (AvgIpc) is 2.59. The summed E-state index contributed by atoms with van der Waals surface area (Å²) < 4.78 is 2.68. The Kier molecular flexibility index (Phi) is 3.10. The summed E-state index contributed by atoms with van der Waals surface area (Å²) in [5.74, 6) is -0.112. The highest BCUT2D eigenvalue weighted by atomic mass is 79.9. The normalized spacial score (nSPS) is 10.1. The zero-order valence-electron chi connectivity index (χ0n) is 8.77. The average molecular weight is 279 g/mol. The van der Waals surface area contributed by atoms with Crippen molar-refractivity contribution in [2.75, 3.05) is 5.32 Å². The Labute approximate surface area is 102 Å². The summed E-state index contributed by atoms with van der Waals surface area (Å²) in [5.41, 5.74) is 1.42. The van der Waals surface area contributed by atoms with E-state index in [4.69, 9.17) is 0 Å². The first-order valence-corrected chi connectivity index (χ1v) is 5.64. The quantitative estimate of drug-likeness (QED) is 0.900. The summed E-state index contributed by atoms with van der Waals surface area (Å²) in [6, 6.07) is 11.2. The number of rotatable bonds is 2. The largest absolute Gasteiger partial charge is 0.345 e. The third kappa shape index (κ3) is 2.33. The number of nitrogens with zero attached hydrogens (tertiary/aromatic N) is 1. The van der Waals surface area contributed by atoms with Crippen LogP contribution in [-0.2, 0) is 7.05 Å². The van der Waals surface area contributed by atoms with E-state index in [0.29, 0.717) is 5.69 Å². The Hall–Kier alpha value is -1.55. The number of aromatic nitrogens is 1. The Bertz CT molecular complexity index is 505. The first-order chi connectivity index (χ1) is 7.66. The number of nitrogens with one attached hydrogen (secondary N) is 1. The minimum atomic E-state index is -0.112. The van der Waals surface area contributed by atoms with Crippen molar-refractivity contribution in [1.29, 1.82) is 0 Å². The molecule has 1 aromatic carbocycles. The monoisotopic (exact) mass is 278 g/mol. The lowest BCUT2D eigenvalue weighted by atomic mass is 10.3. The number of halogens is 1. The number of hydrogen-bond donors (Lipinski definition) is 1. The van der Waals surface area contributed by atoms with Crippen molar-refractivity contribution in [2.24, 2.45) is 7.05 Å². The standard InChI is InChI=1S/C12H11BrN2O/c1-15-8-9(13)7-11(15)12(16)14-10-5-3-2-4-6-10/h2-8H,1H3,(H,14,16). The molecule has 0 atom stereocenters. The van der Waals surface area contributed by atoms with E-state index in [-0.39, 0.29) is 5.91 Å². The Morgan fingerprint density at radius 2 is 2.00 bits per heavy atom. The summed E-state index contributed by atoms with van der Waals surface area (Å²) in [6.45, 7) is 0. The summed E-state index contributed by atoms with van der Waals surface area (Å²) in [5, 5.41) is 2.83. The molecule has 0 unspecified atom stereocenters. The number of carbonyl (C=O) groups is 1. The number of carbonyl (C=O) groups excluding carboxylic acids is 1. The smallest absolute Gasteiger partial charge is 0.272 e. The molecular weight excluding hydrogens is 268 g/mol. The molecule has 0 saturated heterocycles. The second kappa shape index (κ2) is 4.53. The van der Waals surface area contributed by atoms with Crippen LogP contribution in [0.3, 0.4) is 0 Å². The number of anilines is 1. The summed E-state index contributed by atoms with van der Waals surface area (Å²) in [6.07, 6.45) is 1.85. The summed E-state index contributed by atoms with van der Waals surface area (Å²) in [7, 11) is 1.84. The van der Waals surface area contributed by atoms with Gasteiger partial charge in [-0.3, -0.25) is 4.79 Å². The number of amides is 1. The fourth-order valence-corrected chi connectivity index (χ4v) is 1.99. The molecule has 0 spiro atoms. The zero-order chi connectivity index (χ0) is 11.5. The SMILES string of the molecule is Cn1cc(Br)cc1C(=O)Nc1ccccc1. The van der Waals surface area contributed by atoms with Crippen LogP contribution < -0.4 is 5.32 Å². The topological polar surface area (TPSA) is 34.0 Å². The van der Waals surface area contributed by atoms with E-state index in [0.717, 1.165) is 10.2 Å². The van der Waals surface area contributed by atoms with Crippen LogP contribution in [0.2, 0.25) is 0 Å². The molecule has 0 saturated carbocycles. The predicted octanol–water partition coefficient (Wildman–Crippen LogP) is 3.04. The highest BCUT2D eigenvalue weighted by Gasteiger charge is 2.10. The molecular formula is C12H11BrN2O. The van der Waals surface area contributed by atoms with Crippen molar-refractivity contribution in [3.8, 4) is 0 Å². The van der Waals surface area contributed by atoms with E-state index in [1.54, 1.807) is 10.6 Å². The number of benzene rings is 1. The van der Waals surface area contributed by atoms with Crippen LogP contribution in [0, 0.1) is 0 Å². The minimum Gasteiger partial charge on any atom is -0.345 e. The van der Waals surface area contributed by atoms with Crippen LogP contribution in [0.1, 0.15) is 10.5 Å². The van der Waals surface area contributed by atoms with Gasteiger partial charge in [-0.2, -0.15) is 0 Å². The van der Waals surface area contributed by atoms with E-state index in [1.807, 2.05) is 43.6 Å². The van der Waals surface area contributed by atoms with Crippen LogP contribution in [0.25, 0.3) is 0 Å². The molecule has 82 valence electrons. The molecule has 0 aliphatic rings. The molecule has 0 aliphatic heterocycles. The van der Waals surface area contributed by atoms with Crippen LogP contribution in [0.5, 0.6) is 0 Å². The molecule has 2 rings (SSSR count). The van der Waals surface area contributed by atoms with Gasteiger partial charge in [0.15, 0.2) is 0 Å². The molecule has 1 N–H and O–H groups in total. The Balaban J connectivity index is 2.18. The number of para-hydroxylation sites is 1. The first-order valence-electron chi connectivity index (χ1n) is 4.85. The Morgan fingerprint density at radius 3 is 2.56 bits per heavy atom. The maximum Gasteiger partial charge on any atom is 0.272 e. The van der Waals surface area contributed by atoms with E-state index in [2.05, 4.69) is 21.2 Å². The maximum absolute atomic E-state index is 11.9. The van der Waals surface area contributed by atoms with Gasteiger partial charge in [-0.25, -0.2) is 0 Å². The molecule has 16 heavy (non-hydrogen) atoms. The lowest BCUT2D eigenvalue weighted by Gasteiger charge is -2.05. The van der Waals surface area contributed by atoms with Gasteiger partial charge in [-0.05, 0) is 34.1 Å². The highest BCUT2D eigenvalue weighted by Crippen LogP contribution is 2.15. The molecule has 4 heteroatoms. The molecule has 0 fully saturated rings. The van der Waals surface area contributed by atoms with Gasteiger partial charge >= 0.3 is 0 Å². The summed E-state index contributed by atoms with van der Waals surface area (Å²) >= 11 is 3.34. The van der Waals surface area contributed by atoms with Gasteiger partial charge in [0.1, 0.15) is 5.69 Å². The van der Waals surface area contributed by atoms with Crippen LogP contribution in [0.4, 0.5) is 5.69 Å². The van der Waals surface area contributed by atoms with Gasteiger partial charge in [0, 0.05) is 23.4 Å². The fourth-order valence-electron chi connectivity index (χ4n) is 1.47. The van der Waals surface area contributed by atoms with Gasteiger partial charge in [0.2, 0.25) is 0 Å². The highest BCUT2D eigenvalue weighted by molar-refractivity contribution is 9.10. The van der Waals surface area contributed by atoms with Crippen LogP contribution in [0.15, 0.2) is 47.1 Å². The number of hydrogen-bond acceptors (Lipinski definition) is 1. The van der Waals surface area contributed by atoms with Gasteiger partial charge in [0.25, 0.3) is 5.91 Å². The third-order valence-electron chi connectivity index (χ3n) is 2.24. The molecule has 1 aromatic heterocycles. The van der Waals surface area contributed by atoms with Crippen molar-refractivity contribution in [3.05, 3.63) is 52.8 Å². The second-order valence-electron chi connectivity index (χ2n) is 3.47. The lowest BCUT2D eigenvalue weighted by Crippen LogP contribution is -2.15. The third-order valence-corrected chi connectivity index (χ3v) is 2.67. The van der Waals surface area contributed by atoms with Crippen molar-refractivity contribution in [3.63, 3.8) is 0 Å². The van der Waals surface area contributed by atoms with E-state index in [1.165, 1.54) is 0 Å². The van der Waals surface area contributed by atoms with Gasteiger partial charge in [0.05, 0.1) is 0 Å². The second-order valence-corrected chi connectivity index (χ2v) is 4.39. The Morgan fingerprint density at radius 1 is 1.31 bits per heavy atom. The van der Waals surface area contributed by atoms with Crippen molar-refractivity contribution in [2.45, 2.75) is 0 Å². The van der Waals surface area contributed by atoms with Crippen molar-refractivity contribution in [1.82, 2.24) is 4.57 Å². The lowest BCUT2D eigenvalue weighted by molar-refractivity contribution is 0.101. The molecule has 1 amide bonds. The maximum atomic E-state index is 11.9. The molecule has 0 radical (unpaired) electrons.